The van der Waals surface area contributed by atoms with E-state index in [1.54, 1.807) is 26.0 Å². The van der Waals surface area contributed by atoms with Gasteiger partial charge in [-0.25, -0.2) is 8.78 Å². The third kappa shape index (κ3) is 2.70. The van der Waals surface area contributed by atoms with Crippen LogP contribution in [0.5, 0.6) is 0 Å². The van der Waals surface area contributed by atoms with E-state index in [-0.39, 0.29) is 11.6 Å². The molecule has 0 heterocycles. The number of rotatable bonds is 2. The molecule has 0 fully saturated rings. The van der Waals surface area contributed by atoms with Gasteiger partial charge in [0.25, 0.3) is 0 Å². The summed E-state index contributed by atoms with van der Waals surface area (Å²) in [5.41, 5.74) is 3.35. The maximum atomic E-state index is 13.1. The largest absolute Gasteiger partial charge is 0.207 e. The number of benzene rings is 2. The van der Waals surface area contributed by atoms with Crippen molar-refractivity contribution in [2.24, 2.45) is 0 Å². The predicted molar refractivity (Wildman–Crippen MR) is 65.1 cm³/mol. The fraction of sp³-hybridized carbons (Fsp3) is 0.200. The van der Waals surface area contributed by atoms with E-state index in [2.05, 4.69) is 0 Å². The molecule has 0 aromatic heterocycles. The first kappa shape index (κ1) is 11.8. The van der Waals surface area contributed by atoms with Crippen LogP contribution in [0.25, 0.3) is 0 Å². The zero-order chi connectivity index (χ0) is 12.4. The maximum absolute atomic E-state index is 13.1. The van der Waals surface area contributed by atoms with Crippen LogP contribution in [0.1, 0.15) is 22.3 Å². The molecule has 88 valence electrons. The van der Waals surface area contributed by atoms with Crippen LogP contribution in [0.15, 0.2) is 36.4 Å². The van der Waals surface area contributed by atoms with Crippen molar-refractivity contribution in [3.8, 4) is 0 Å². The van der Waals surface area contributed by atoms with Crippen LogP contribution in [-0.4, -0.2) is 0 Å². The van der Waals surface area contributed by atoms with Gasteiger partial charge in [-0.05, 0) is 54.7 Å². The van der Waals surface area contributed by atoms with Crippen LogP contribution in [0.3, 0.4) is 0 Å². The van der Waals surface area contributed by atoms with Crippen molar-refractivity contribution < 1.29 is 8.78 Å². The molecular weight excluding hydrogens is 218 g/mol. The van der Waals surface area contributed by atoms with Crippen LogP contribution < -0.4 is 0 Å². The molecule has 2 heteroatoms. The summed E-state index contributed by atoms with van der Waals surface area (Å²) in [4.78, 5) is 0. The molecule has 0 atom stereocenters. The first-order valence-electron chi connectivity index (χ1n) is 5.56. The van der Waals surface area contributed by atoms with Gasteiger partial charge in [0, 0.05) is 0 Å². The highest BCUT2D eigenvalue weighted by Gasteiger charge is 2.03. The molecule has 0 aliphatic carbocycles. The average molecular weight is 232 g/mol. The van der Waals surface area contributed by atoms with Gasteiger partial charge >= 0.3 is 0 Å². The highest BCUT2D eigenvalue weighted by atomic mass is 19.1. The first-order valence-corrected chi connectivity index (χ1v) is 5.56. The minimum Gasteiger partial charge on any atom is -0.207 e. The molecule has 0 aliphatic heterocycles. The van der Waals surface area contributed by atoms with Crippen LogP contribution in [0.2, 0.25) is 0 Å². The maximum Gasteiger partial charge on any atom is 0.126 e. The Balaban J connectivity index is 2.25. The molecule has 2 aromatic rings. The van der Waals surface area contributed by atoms with E-state index in [1.807, 2.05) is 12.1 Å². The fourth-order valence-corrected chi connectivity index (χ4v) is 1.87. The number of hydrogen-bond donors (Lipinski definition) is 0. The molecule has 0 N–H and O–H groups in total. The third-order valence-electron chi connectivity index (χ3n) is 2.85. The molecule has 0 aliphatic rings. The lowest BCUT2D eigenvalue weighted by molar-refractivity contribution is 0.617. The lowest BCUT2D eigenvalue weighted by Gasteiger charge is -2.05. The zero-order valence-electron chi connectivity index (χ0n) is 9.93. The molecule has 0 spiro atoms. The second kappa shape index (κ2) is 4.66. The van der Waals surface area contributed by atoms with Gasteiger partial charge in [-0.1, -0.05) is 24.3 Å². The van der Waals surface area contributed by atoms with Crippen molar-refractivity contribution in [3.05, 3.63) is 70.3 Å². The van der Waals surface area contributed by atoms with Gasteiger partial charge in [0.2, 0.25) is 0 Å². The van der Waals surface area contributed by atoms with E-state index >= 15 is 0 Å². The molecule has 17 heavy (non-hydrogen) atoms. The van der Waals surface area contributed by atoms with Gasteiger partial charge < -0.3 is 0 Å². The molecule has 0 amide bonds. The Morgan fingerprint density at radius 3 is 1.53 bits per heavy atom. The van der Waals surface area contributed by atoms with Crippen LogP contribution in [0, 0.1) is 25.5 Å². The topological polar surface area (TPSA) is 0 Å². The molecule has 0 unspecified atom stereocenters. The van der Waals surface area contributed by atoms with Gasteiger partial charge in [-0.2, -0.15) is 0 Å². The number of hydrogen-bond acceptors (Lipinski definition) is 0. The summed E-state index contributed by atoms with van der Waals surface area (Å²) in [6.45, 7) is 3.49. The quantitative estimate of drug-likeness (QED) is 0.729. The Kier molecular flexibility index (Phi) is 3.23. The van der Waals surface area contributed by atoms with Crippen LogP contribution in [-0.2, 0) is 6.42 Å². The van der Waals surface area contributed by atoms with Crippen molar-refractivity contribution in [2.45, 2.75) is 20.3 Å². The van der Waals surface area contributed by atoms with E-state index in [0.29, 0.717) is 17.5 Å². The Labute approximate surface area is 99.9 Å². The smallest absolute Gasteiger partial charge is 0.126 e. The molecule has 2 aromatic carbocycles. The Morgan fingerprint density at radius 1 is 0.765 bits per heavy atom. The monoisotopic (exact) mass is 232 g/mol. The van der Waals surface area contributed by atoms with Crippen molar-refractivity contribution in [1.29, 1.82) is 0 Å². The Hall–Kier alpha value is -1.70. The number of aryl methyl sites for hydroxylation is 2. The van der Waals surface area contributed by atoms with Gasteiger partial charge in [0.1, 0.15) is 11.6 Å². The Morgan fingerprint density at radius 2 is 1.18 bits per heavy atom. The highest BCUT2D eigenvalue weighted by Crippen LogP contribution is 2.16. The van der Waals surface area contributed by atoms with Crippen LogP contribution >= 0.6 is 0 Å². The van der Waals surface area contributed by atoms with Gasteiger partial charge in [0.05, 0.1) is 0 Å². The summed E-state index contributed by atoms with van der Waals surface area (Å²) >= 11 is 0. The second-order valence-corrected chi connectivity index (χ2v) is 4.34. The van der Waals surface area contributed by atoms with E-state index in [0.717, 1.165) is 11.1 Å². The minimum atomic E-state index is -0.191. The van der Waals surface area contributed by atoms with Crippen molar-refractivity contribution >= 4 is 0 Å². The zero-order valence-corrected chi connectivity index (χ0v) is 9.93. The van der Waals surface area contributed by atoms with Crippen molar-refractivity contribution in [1.82, 2.24) is 0 Å². The number of halogens is 2. The van der Waals surface area contributed by atoms with Crippen molar-refractivity contribution in [2.75, 3.05) is 0 Å². The first-order chi connectivity index (χ1) is 8.06. The minimum absolute atomic E-state index is 0.191. The summed E-state index contributed by atoms with van der Waals surface area (Å²) in [7, 11) is 0. The van der Waals surface area contributed by atoms with Crippen molar-refractivity contribution in [3.63, 3.8) is 0 Å². The standard InChI is InChI=1S/C15H14F2/c1-10-7-12(3-5-14(10)16)9-13-4-6-15(17)11(2)8-13/h3-8H,9H2,1-2H3. The Bertz CT molecular complexity index is 495. The molecule has 0 saturated carbocycles. The molecular formula is C15H14F2. The van der Waals surface area contributed by atoms with Crippen LogP contribution in [0.4, 0.5) is 8.78 Å². The average Bonchev–Trinajstić information content (AvgIpc) is 2.29. The van der Waals surface area contributed by atoms with Gasteiger partial charge in [0.15, 0.2) is 0 Å². The fourth-order valence-electron chi connectivity index (χ4n) is 1.87. The third-order valence-corrected chi connectivity index (χ3v) is 2.85. The summed E-state index contributed by atoms with van der Waals surface area (Å²) in [6, 6.07) is 10.1. The SMILES string of the molecule is Cc1cc(Cc2ccc(F)c(C)c2)ccc1F. The molecule has 0 saturated heterocycles. The van der Waals surface area contributed by atoms with Gasteiger partial charge in [-0.3, -0.25) is 0 Å². The molecule has 0 bridgehead atoms. The summed E-state index contributed by atoms with van der Waals surface area (Å²) in [6.07, 6.45) is 0.697. The van der Waals surface area contributed by atoms with E-state index < -0.39 is 0 Å². The summed E-state index contributed by atoms with van der Waals surface area (Å²) < 4.78 is 26.2. The molecule has 2 rings (SSSR count). The molecule has 0 radical (unpaired) electrons. The van der Waals surface area contributed by atoms with E-state index in [9.17, 15) is 8.78 Å². The summed E-state index contributed by atoms with van der Waals surface area (Å²) in [5, 5.41) is 0. The van der Waals surface area contributed by atoms with Gasteiger partial charge in [-0.15, -0.1) is 0 Å². The predicted octanol–water partition coefficient (Wildman–Crippen LogP) is 4.17. The highest BCUT2D eigenvalue weighted by molar-refractivity contribution is 5.32. The van der Waals surface area contributed by atoms with E-state index in [1.165, 1.54) is 12.1 Å². The second-order valence-electron chi connectivity index (χ2n) is 4.34. The normalized spacial score (nSPS) is 10.6. The lowest BCUT2D eigenvalue weighted by atomic mass is 10.0. The molecule has 0 nitrogen and oxygen atoms in total. The lowest BCUT2D eigenvalue weighted by Crippen LogP contribution is -1.93. The van der Waals surface area contributed by atoms with E-state index in [4.69, 9.17) is 0 Å². The summed E-state index contributed by atoms with van der Waals surface area (Å²) in [5.74, 6) is -0.381.